The standard InChI is InChI=1S/C12H20P.C9H8O4.C6H6O3S/c1-5-9-13(10-6-2,11-7-3)12-8-4;1-13-9(12)7-4-2-3-6(5-7)8(10)11;7-10(8,9)6-4-2-1-3-5-6/h5-8H,1-4,9-12H2;2-5H,1H3,(H,10,11);1-5H,(H,7,8,9)/q+1;;. The number of ether oxygens (including phenoxy) is 1. The number of benzene rings is 2. The first-order valence-corrected chi connectivity index (χ1v) is 14.7. The third-order valence-corrected chi connectivity index (χ3v) is 9.64. The molecule has 9 heteroatoms. The van der Waals surface area contributed by atoms with Crippen molar-refractivity contribution < 1.29 is 32.4 Å². The molecule has 0 aliphatic heterocycles. The molecule has 0 bridgehead atoms. The first kappa shape index (κ1) is 32.7. The van der Waals surface area contributed by atoms with Crippen LogP contribution in [-0.2, 0) is 14.9 Å². The van der Waals surface area contributed by atoms with Gasteiger partial charge in [-0.05, 0) is 30.3 Å². The van der Waals surface area contributed by atoms with E-state index in [0.717, 1.165) is 24.6 Å². The number of carboxylic acid groups (broad SMARTS) is 1. The van der Waals surface area contributed by atoms with Gasteiger partial charge in [-0.1, -0.05) is 74.9 Å². The third-order valence-electron chi connectivity index (χ3n) is 4.64. The third kappa shape index (κ3) is 12.4. The maximum Gasteiger partial charge on any atom is 0.337 e. The summed E-state index contributed by atoms with van der Waals surface area (Å²) in [6, 6.07) is 13.1. The van der Waals surface area contributed by atoms with Crippen molar-refractivity contribution >= 4 is 29.3 Å². The Bertz CT molecular complexity index is 1080. The van der Waals surface area contributed by atoms with Crippen molar-refractivity contribution in [2.75, 3.05) is 31.8 Å². The largest absolute Gasteiger partial charge is 0.478 e. The Morgan fingerprint density at radius 3 is 1.61 bits per heavy atom. The highest BCUT2D eigenvalue weighted by Gasteiger charge is 2.31. The minimum atomic E-state index is -4.00. The van der Waals surface area contributed by atoms with Crippen molar-refractivity contribution in [3.05, 3.63) is 116 Å². The molecule has 0 atom stereocenters. The molecule has 0 saturated carbocycles. The number of methoxy groups -OCH3 is 1. The second kappa shape index (κ2) is 17.2. The van der Waals surface area contributed by atoms with Crippen LogP contribution < -0.4 is 0 Å². The van der Waals surface area contributed by atoms with Gasteiger partial charge in [0.25, 0.3) is 10.1 Å². The number of carbonyl (C=O) groups excluding carboxylic acids is 1. The van der Waals surface area contributed by atoms with Gasteiger partial charge in [-0.15, -0.1) is 0 Å². The Morgan fingerprint density at radius 2 is 1.28 bits per heavy atom. The molecule has 0 saturated heterocycles. The van der Waals surface area contributed by atoms with Gasteiger partial charge in [0.1, 0.15) is 0 Å². The van der Waals surface area contributed by atoms with Gasteiger partial charge in [0, 0.05) is 7.26 Å². The predicted molar refractivity (Wildman–Crippen MR) is 148 cm³/mol. The van der Waals surface area contributed by atoms with E-state index < -0.39 is 29.3 Å². The second-order valence-corrected chi connectivity index (χ2v) is 13.0. The fraction of sp³-hybridized carbons (Fsp3) is 0.185. The molecule has 2 N–H and O–H groups in total. The fourth-order valence-electron chi connectivity index (χ4n) is 3.03. The predicted octanol–water partition coefficient (Wildman–Crippen LogP) is 5.85. The first-order valence-electron chi connectivity index (χ1n) is 10.7. The fourth-order valence-corrected chi connectivity index (χ4v) is 6.62. The molecule has 36 heavy (non-hydrogen) atoms. The summed E-state index contributed by atoms with van der Waals surface area (Å²) in [5, 5.41) is 8.61. The van der Waals surface area contributed by atoms with E-state index in [0.29, 0.717) is 0 Å². The Hall–Kier alpha value is -3.32. The average molecular weight is 534 g/mol. The smallest absolute Gasteiger partial charge is 0.337 e. The van der Waals surface area contributed by atoms with E-state index in [1.807, 2.05) is 24.3 Å². The van der Waals surface area contributed by atoms with Crippen LogP contribution in [0.2, 0.25) is 0 Å². The number of esters is 1. The van der Waals surface area contributed by atoms with Crippen LogP contribution in [0.1, 0.15) is 20.7 Å². The summed E-state index contributed by atoms with van der Waals surface area (Å²) in [5.74, 6) is -1.60. The van der Waals surface area contributed by atoms with E-state index in [1.165, 1.54) is 43.5 Å². The Kier molecular flexibility index (Phi) is 15.6. The molecule has 0 aliphatic carbocycles. The molecule has 0 amide bonds. The Labute approximate surface area is 214 Å². The number of aromatic carboxylic acids is 1. The van der Waals surface area contributed by atoms with Gasteiger partial charge in [-0.2, -0.15) is 8.42 Å². The van der Waals surface area contributed by atoms with Gasteiger partial charge in [0.2, 0.25) is 0 Å². The van der Waals surface area contributed by atoms with E-state index in [9.17, 15) is 18.0 Å². The number of hydrogen-bond donors (Lipinski definition) is 2. The lowest BCUT2D eigenvalue weighted by atomic mass is 10.1. The summed E-state index contributed by atoms with van der Waals surface area (Å²) in [6.45, 7) is 15.3. The van der Waals surface area contributed by atoms with Crippen LogP contribution in [0.5, 0.6) is 0 Å². The van der Waals surface area contributed by atoms with Crippen molar-refractivity contribution in [1.29, 1.82) is 0 Å². The highest BCUT2D eigenvalue weighted by molar-refractivity contribution is 7.85. The number of rotatable bonds is 11. The van der Waals surface area contributed by atoms with E-state index in [2.05, 4.69) is 31.1 Å². The zero-order chi connectivity index (χ0) is 27.6. The normalized spacial score (nSPS) is 10.3. The summed E-state index contributed by atoms with van der Waals surface area (Å²) in [6.07, 6.45) is 12.5. The molecule has 0 unspecified atom stereocenters. The molecular formula is C27H34O7PS+. The van der Waals surface area contributed by atoms with Gasteiger partial charge in [0.15, 0.2) is 0 Å². The Balaban J connectivity index is 0.000000515. The number of carbonyl (C=O) groups is 2. The minimum absolute atomic E-state index is 0.0721. The zero-order valence-corrected chi connectivity index (χ0v) is 22.2. The summed E-state index contributed by atoms with van der Waals surface area (Å²) in [7, 11) is -3.73. The van der Waals surface area contributed by atoms with E-state index in [1.54, 1.807) is 18.2 Å². The molecule has 0 aromatic heterocycles. The lowest BCUT2D eigenvalue weighted by Gasteiger charge is -2.22. The van der Waals surface area contributed by atoms with Crippen molar-refractivity contribution in [2.45, 2.75) is 4.90 Å². The molecule has 0 radical (unpaired) electrons. The molecule has 0 aliphatic rings. The minimum Gasteiger partial charge on any atom is -0.478 e. The second-order valence-electron chi connectivity index (χ2n) is 7.39. The maximum atomic E-state index is 11.0. The van der Waals surface area contributed by atoms with Crippen molar-refractivity contribution in [1.82, 2.24) is 0 Å². The molecule has 194 valence electrons. The van der Waals surface area contributed by atoms with E-state index >= 15 is 0 Å². The van der Waals surface area contributed by atoms with Crippen molar-refractivity contribution in [3.63, 3.8) is 0 Å². The summed E-state index contributed by atoms with van der Waals surface area (Å²) < 4.78 is 33.7. The molecule has 7 nitrogen and oxygen atoms in total. The van der Waals surface area contributed by atoms with Crippen LogP contribution in [0.3, 0.4) is 0 Å². The lowest BCUT2D eigenvalue weighted by Crippen LogP contribution is -2.07. The van der Waals surface area contributed by atoms with E-state index in [-0.39, 0.29) is 16.0 Å². The highest BCUT2D eigenvalue weighted by atomic mass is 32.2. The first-order chi connectivity index (χ1) is 17.0. The quantitative estimate of drug-likeness (QED) is 0.161. The van der Waals surface area contributed by atoms with Gasteiger partial charge < -0.3 is 9.84 Å². The molecule has 0 spiro atoms. The number of hydrogen-bond acceptors (Lipinski definition) is 5. The average Bonchev–Trinajstić information content (AvgIpc) is 2.85. The maximum absolute atomic E-state index is 11.0. The van der Waals surface area contributed by atoms with Gasteiger partial charge in [-0.3, -0.25) is 4.55 Å². The van der Waals surface area contributed by atoms with Crippen molar-refractivity contribution in [2.24, 2.45) is 0 Å². The van der Waals surface area contributed by atoms with Crippen LogP contribution in [0.15, 0.2) is 110 Å². The van der Waals surface area contributed by atoms with E-state index in [4.69, 9.17) is 9.66 Å². The molecule has 2 rings (SSSR count). The number of carboxylic acids is 1. The Morgan fingerprint density at radius 1 is 0.833 bits per heavy atom. The topological polar surface area (TPSA) is 118 Å². The van der Waals surface area contributed by atoms with Gasteiger partial charge in [-0.25, -0.2) is 9.59 Å². The summed E-state index contributed by atoms with van der Waals surface area (Å²) in [5.41, 5.74) is 0.310. The monoisotopic (exact) mass is 533 g/mol. The van der Waals surface area contributed by atoms with Crippen LogP contribution in [0.25, 0.3) is 0 Å². The van der Waals surface area contributed by atoms with Crippen LogP contribution in [0.4, 0.5) is 0 Å². The van der Waals surface area contributed by atoms with Crippen LogP contribution >= 0.6 is 7.26 Å². The zero-order valence-electron chi connectivity index (χ0n) is 20.5. The molecular weight excluding hydrogens is 499 g/mol. The lowest BCUT2D eigenvalue weighted by molar-refractivity contribution is 0.0600. The van der Waals surface area contributed by atoms with Gasteiger partial charge >= 0.3 is 11.9 Å². The SMILES string of the molecule is C=CC[P+](CC=C)(CC=C)CC=C.COC(=O)c1cccc(C(=O)O)c1.O=S(=O)(O)c1ccccc1. The summed E-state index contributed by atoms with van der Waals surface area (Å²) >= 11 is 0. The van der Waals surface area contributed by atoms with Gasteiger partial charge in [0.05, 0.1) is 47.8 Å². The molecule has 2 aromatic carbocycles. The molecule has 0 fully saturated rings. The van der Waals surface area contributed by atoms with Crippen LogP contribution in [-0.4, -0.2) is 61.8 Å². The highest BCUT2D eigenvalue weighted by Crippen LogP contribution is 2.58. The van der Waals surface area contributed by atoms with Crippen molar-refractivity contribution in [3.8, 4) is 0 Å². The number of allylic oxidation sites excluding steroid dienone is 4. The van der Waals surface area contributed by atoms with Crippen LogP contribution in [0, 0.1) is 0 Å². The molecule has 2 aromatic rings. The summed E-state index contributed by atoms with van der Waals surface area (Å²) in [4.78, 5) is 21.4. The molecule has 0 heterocycles.